The standard InChI is InChI=1S/C18H12O8/c19-9-25-15-5-12(6-16(8-15)26-10-20)2-1-11-3-13(17(21)22)7-14(4-11)18(23)24/h1-10H,(H,21,22)(H,23,24)/b2-1+. The average molecular weight is 356 g/mol. The van der Waals surface area contributed by atoms with Crippen molar-refractivity contribution in [3.8, 4) is 11.5 Å². The van der Waals surface area contributed by atoms with Crippen LogP contribution in [0.4, 0.5) is 0 Å². The van der Waals surface area contributed by atoms with Gasteiger partial charge in [0, 0.05) is 6.07 Å². The number of carbonyl (C=O) groups is 4. The average Bonchev–Trinajstić information content (AvgIpc) is 2.60. The van der Waals surface area contributed by atoms with Crippen LogP contribution < -0.4 is 9.47 Å². The number of hydrogen-bond acceptors (Lipinski definition) is 6. The SMILES string of the molecule is O=COc1cc(/C=C/c2cc(C(=O)O)cc(C(=O)O)c2)cc(OC=O)c1. The zero-order valence-corrected chi connectivity index (χ0v) is 13.1. The number of benzene rings is 2. The molecule has 0 atom stereocenters. The quantitative estimate of drug-likeness (QED) is 0.545. The third-order valence-corrected chi connectivity index (χ3v) is 3.19. The van der Waals surface area contributed by atoms with Gasteiger partial charge in [-0.3, -0.25) is 9.59 Å². The Kier molecular flexibility index (Phi) is 5.83. The third-order valence-electron chi connectivity index (χ3n) is 3.19. The van der Waals surface area contributed by atoms with Crippen LogP contribution in [-0.4, -0.2) is 35.1 Å². The van der Waals surface area contributed by atoms with Crippen molar-refractivity contribution >= 4 is 37.0 Å². The molecule has 0 fully saturated rings. The number of carboxylic acids is 2. The van der Waals surface area contributed by atoms with Crippen molar-refractivity contribution < 1.29 is 38.9 Å². The van der Waals surface area contributed by atoms with Gasteiger partial charge in [0.05, 0.1) is 11.1 Å². The smallest absolute Gasteiger partial charge is 0.335 e. The summed E-state index contributed by atoms with van der Waals surface area (Å²) in [6.45, 7) is 0.423. The summed E-state index contributed by atoms with van der Waals surface area (Å²) in [6, 6.07) is 7.94. The number of rotatable bonds is 8. The summed E-state index contributed by atoms with van der Waals surface area (Å²) in [6.07, 6.45) is 2.99. The normalized spacial score (nSPS) is 10.3. The lowest BCUT2D eigenvalue weighted by molar-refractivity contribution is -0.121. The Morgan fingerprint density at radius 1 is 0.692 bits per heavy atom. The number of aromatic carboxylic acids is 2. The monoisotopic (exact) mass is 356 g/mol. The van der Waals surface area contributed by atoms with E-state index in [0.29, 0.717) is 11.1 Å². The summed E-state index contributed by atoms with van der Waals surface area (Å²) in [5.74, 6) is -2.26. The summed E-state index contributed by atoms with van der Waals surface area (Å²) in [5.41, 5.74) is 0.459. The van der Waals surface area contributed by atoms with Gasteiger partial charge >= 0.3 is 11.9 Å². The van der Waals surface area contributed by atoms with Gasteiger partial charge in [0.1, 0.15) is 11.5 Å². The molecule has 0 heterocycles. The molecule has 2 aromatic carbocycles. The summed E-state index contributed by atoms with van der Waals surface area (Å²) in [5, 5.41) is 18.2. The van der Waals surface area contributed by atoms with Crippen LogP contribution in [0.1, 0.15) is 31.8 Å². The van der Waals surface area contributed by atoms with E-state index >= 15 is 0 Å². The maximum Gasteiger partial charge on any atom is 0.335 e. The Balaban J connectivity index is 2.42. The molecular weight excluding hydrogens is 344 g/mol. The van der Waals surface area contributed by atoms with Crippen molar-refractivity contribution in [1.29, 1.82) is 0 Å². The lowest BCUT2D eigenvalue weighted by Gasteiger charge is -2.05. The summed E-state index contributed by atoms with van der Waals surface area (Å²) in [7, 11) is 0. The van der Waals surface area contributed by atoms with Crippen molar-refractivity contribution in [2.45, 2.75) is 0 Å². The van der Waals surface area contributed by atoms with Gasteiger partial charge in [0.2, 0.25) is 0 Å². The molecule has 0 bridgehead atoms. The molecule has 0 radical (unpaired) electrons. The van der Waals surface area contributed by atoms with Crippen molar-refractivity contribution in [2.75, 3.05) is 0 Å². The van der Waals surface area contributed by atoms with Crippen LogP contribution in [0.15, 0.2) is 36.4 Å². The molecule has 8 nitrogen and oxygen atoms in total. The van der Waals surface area contributed by atoms with E-state index in [4.69, 9.17) is 19.7 Å². The van der Waals surface area contributed by atoms with Crippen molar-refractivity contribution in [3.05, 3.63) is 58.7 Å². The summed E-state index contributed by atoms with van der Waals surface area (Å²) < 4.78 is 9.44. The molecule has 0 spiro atoms. The second-order valence-corrected chi connectivity index (χ2v) is 4.95. The van der Waals surface area contributed by atoms with Gasteiger partial charge in [-0.15, -0.1) is 0 Å². The third kappa shape index (κ3) is 4.78. The largest absolute Gasteiger partial charge is 0.478 e. The van der Waals surface area contributed by atoms with E-state index in [1.165, 1.54) is 42.5 Å². The van der Waals surface area contributed by atoms with E-state index < -0.39 is 11.9 Å². The number of carboxylic acid groups (broad SMARTS) is 2. The highest BCUT2D eigenvalue weighted by Gasteiger charge is 2.10. The van der Waals surface area contributed by atoms with Gasteiger partial charge in [-0.2, -0.15) is 0 Å². The molecule has 8 heteroatoms. The van der Waals surface area contributed by atoms with Crippen LogP contribution >= 0.6 is 0 Å². The predicted molar refractivity (Wildman–Crippen MR) is 89.1 cm³/mol. The first-order valence-electron chi connectivity index (χ1n) is 7.08. The minimum absolute atomic E-state index is 0.129. The topological polar surface area (TPSA) is 127 Å². The maximum absolute atomic E-state index is 11.1. The molecule has 0 aliphatic rings. The van der Waals surface area contributed by atoms with E-state index in [1.807, 2.05) is 0 Å². The molecule has 0 aliphatic carbocycles. The van der Waals surface area contributed by atoms with Gasteiger partial charge < -0.3 is 19.7 Å². The zero-order chi connectivity index (χ0) is 19.1. The highest BCUT2D eigenvalue weighted by Crippen LogP contribution is 2.24. The van der Waals surface area contributed by atoms with E-state index in [2.05, 4.69) is 0 Å². The number of ether oxygens (including phenoxy) is 2. The van der Waals surface area contributed by atoms with E-state index in [0.717, 1.165) is 6.07 Å². The van der Waals surface area contributed by atoms with Crippen LogP contribution in [0, 0.1) is 0 Å². The highest BCUT2D eigenvalue weighted by atomic mass is 16.5. The highest BCUT2D eigenvalue weighted by molar-refractivity contribution is 5.95. The van der Waals surface area contributed by atoms with Crippen LogP contribution in [0.5, 0.6) is 11.5 Å². The fourth-order valence-electron chi connectivity index (χ4n) is 2.12. The molecule has 26 heavy (non-hydrogen) atoms. The molecule has 0 saturated carbocycles. The van der Waals surface area contributed by atoms with Crippen LogP contribution in [0.25, 0.3) is 12.2 Å². The molecule has 2 N–H and O–H groups in total. The van der Waals surface area contributed by atoms with Crippen LogP contribution in [0.2, 0.25) is 0 Å². The Bertz CT molecular complexity index is 838. The molecule has 0 aliphatic heterocycles. The molecule has 2 aromatic rings. The molecule has 0 unspecified atom stereocenters. The second kappa shape index (κ2) is 8.25. The maximum atomic E-state index is 11.1. The van der Waals surface area contributed by atoms with Gasteiger partial charge in [-0.1, -0.05) is 12.2 Å². The molecular formula is C18H12O8. The van der Waals surface area contributed by atoms with Crippen molar-refractivity contribution in [2.24, 2.45) is 0 Å². The number of carbonyl (C=O) groups excluding carboxylic acids is 2. The fraction of sp³-hybridized carbons (Fsp3) is 0. The first-order valence-corrected chi connectivity index (χ1v) is 7.08. The lowest BCUT2D eigenvalue weighted by atomic mass is 10.0. The molecule has 0 amide bonds. The molecule has 0 saturated heterocycles. The Morgan fingerprint density at radius 3 is 1.50 bits per heavy atom. The van der Waals surface area contributed by atoms with Gasteiger partial charge in [0.15, 0.2) is 0 Å². The summed E-state index contributed by atoms with van der Waals surface area (Å²) >= 11 is 0. The predicted octanol–water partition coefficient (Wildman–Crippen LogP) is 2.32. The Morgan fingerprint density at radius 2 is 1.12 bits per heavy atom. The van der Waals surface area contributed by atoms with Gasteiger partial charge in [-0.25, -0.2) is 9.59 Å². The minimum atomic E-state index is -1.26. The van der Waals surface area contributed by atoms with Crippen molar-refractivity contribution in [3.63, 3.8) is 0 Å². The molecule has 2 rings (SSSR count). The number of hydrogen-bond donors (Lipinski definition) is 2. The minimum Gasteiger partial charge on any atom is -0.478 e. The Hall–Kier alpha value is -3.94. The fourth-order valence-corrected chi connectivity index (χ4v) is 2.12. The molecule has 0 aromatic heterocycles. The van der Waals surface area contributed by atoms with E-state index in [-0.39, 0.29) is 35.6 Å². The van der Waals surface area contributed by atoms with E-state index in [9.17, 15) is 19.2 Å². The zero-order valence-electron chi connectivity index (χ0n) is 13.1. The first kappa shape index (κ1) is 18.4. The van der Waals surface area contributed by atoms with E-state index in [1.54, 1.807) is 0 Å². The first-order chi connectivity index (χ1) is 12.4. The van der Waals surface area contributed by atoms with Crippen LogP contribution in [0.3, 0.4) is 0 Å². The Labute approximate surface area is 146 Å². The summed E-state index contributed by atoms with van der Waals surface area (Å²) in [4.78, 5) is 43.2. The van der Waals surface area contributed by atoms with Gasteiger partial charge in [0.25, 0.3) is 12.9 Å². The van der Waals surface area contributed by atoms with Gasteiger partial charge in [-0.05, 0) is 41.5 Å². The second-order valence-electron chi connectivity index (χ2n) is 4.95. The molecule has 132 valence electrons. The lowest BCUT2D eigenvalue weighted by Crippen LogP contribution is -2.02. The van der Waals surface area contributed by atoms with Crippen molar-refractivity contribution in [1.82, 2.24) is 0 Å². The van der Waals surface area contributed by atoms with Crippen LogP contribution in [-0.2, 0) is 9.59 Å².